The van der Waals surface area contributed by atoms with Crippen molar-refractivity contribution in [2.24, 2.45) is 0 Å². The first-order chi connectivity index (χ1) is 33.4. The molecule has 2 saturated heterocycles. The predicted molar refractivity (Wildman–Crippen MR) is 255 cm³/mol. The molecule has 10 rings (SSSR count). The zero-order valence-corrected chi connectivity index (χ0v) is 41.6. The van der Waals surface area contributed by atoms with E-state index in [0.29, 0.717) is 89.2 Å². The van der Waals surface area contributed by atoms with Gasteiger partial charge in [-0.05, 0) is 77.3 Å². The molecule has 6 aliphatic rings. The van der Waals surface area contributed by atoms with Crippen LogP contribution >= 0.6 is 0 Å². The third-order valence-electron chi connectivity index (χ3n) is 13.9. The molecule has 2 fully saturated rings. The number of alkyl halides is 4. The molecule has 19 heteroatoms. The Morgan fingerprint density at radius 2 is 1.04 bits per heavy atom. The molecule has 6 aliphatic heterocycles. The number of methoxy groups -OCH3 is 1. The summed E-state index contributed by atoms with van der Waals surface area (Å²) in [5.41, 5.74) is 8.01. The number of carbonyl (C=O) groups is 2. The molecule has 0 unspecified atom stereocenters. The summed E-state index contributed by atoms with van der Waals surface area (Å²) >= 11 is 0. The lowest BCUT2D eigenvalue weighted by Crippen LogP contribution is -2.37. The highest BCUT2D eigenvalue weighted by atomic mass is 19.3. The number of rotatable bonds is 6. The largest absolute Gasteiger partial charge is 0.453 e. The maximum atomic E-state index is 13.7. The first-order valence-electron chi connectivity index (χ1n) is 25.0. The molecule has 2 amide bonds. The van der Waals surface area contributed by atoms with Crippen LogP contribution < -0.4 is 9.80 Å². The monoisotopic (exact) mass is 967 g/mol. The lowest BCUT2D eigenvalue weighted by molar-refractivity contribution is -0.129. The number of nitrogens with zero attached hydrogens (tertiary/aromatic N) is 10. The molecule has 0 atom stereocenters. The van der Waals surface area contributed by atoms with Crippen molar-refractivity contribution >= 4 is 35.0 Å². The predicted octanol–water partition coefficient (Wildman–Crippen LogP) is 10.0. The van der Waals surface area contributed by atoms with Crippen LogP contribution in [0.1, 0.15) is 154 Å². The summed E-state index contributed by atoms with van der Waals surface area (Å²) < 4.78 is 75.0. The number of amides is 2. The van der Waals surface area contributed by atoms with Crippen LogP contribution in [0.5, 0.6) is 0 Å². The van der Waals surface area contributed by atoms with Crippen molar-refractivity contribution in [3.8, 4) is 0 Å². The van der Waals surface area contributed by atoms with Gasteiger partial charge in [-0.3, -0.25) is 24.1 Å². The minimum absolute atomic E-state index is 0.0289. The second-order valence-corrected chi connectivity index (χ2v) is 17.8. The van der Waals surface area contributed by atoms with Crippen molar-refractivity contribution in [2.45, 2.75) is 151 Å². The number of fused-ring (bicyclic) bond motifs is 4. The fourth-order valence-corrected chi connectivity index (χ4v) is 10.4. The summed E-state index contributed by atoms with van der Waals surface area (Å²) in [6, 6.07) is 3.64. The molecule has 0 bridgehead atoms. The van der Waals surface area contributed by atoms with Gasteiger partial charge in [0.15, 0.2) is 11.6 Å². The van der Waals surface area contributed by atoms with Crippen LogP contribution in [-0.4, -0.2) is 111 Å². The van der Waals surface area contributed by atoms with E-state index in [4.69, 9.17) is 24.4 Å². The lowest BCUT2D eigenvalue weighted by atomic mass is 10.0. The number of hydrogen-bond acceptors (Lipinski definition) is 11. The molecule has 0 aliphatic carbocycles. The summed E-state index contributed by atoms with van der Waals surface area (Å²) in [6.07, 6.45) is 2.67. The van der Waals surface area contributed by atoms with E-state index >= 15 is 0 Å². The number of anilines is 4. The summed E-state index contributed by atoms with van der Waals surface area (Å²) in [6.45, 7) is 19.1. The van der Waals surface area contributed by atoms with Crippen LogP contribution in [0.15, 0.2) is 12.1 Å². The van der Waals surface area contributed by atoms with Crippen LogP contribution in [-0.2, 0) is 57.8 Å². The Morgan fingerprint density at radius 1 is 0.638 bits per heavy atom. The Bertz CT molecular complexity index is 2410. The Kier molecular flexibility index (Phi) is 17.2. The second-order valence-electron chi connectivity index (χ2n) is 17.8. The van der Waals surface area contributed by atoms with Crippen molar-refractivity contribution in [1.82, 2.24) is 39.3 Å². The van der Waals surface area contributed by atoms with Gasteiger partial charge in [0.1, 0.15) is 0 Å². The maximum Gasteiger partial charge on any atom is 0.409 e. The van der Waals surface area contributed by atoms with Gasteiger partial charge in [0, 0.05) is 117 Å². The standard InChI is InChI=1S/C23H29F2N5O3.C23H29F2N5O2.2C2H6/c1-14-16(21(24)25)12-20-18(26-14)4-3-8-29(20)22-17-13-28(23(31)32-2)9-5-19(17)30(27-22)15-6-10-33-11-7-15;1-14-17(22(24)25)12-21-19(26-14)4-3-8-29(21)23-18-13-28(15(2)31)9-5-20(18)30(27-23)16-6-10-32-11-7-16;2*1-2/h12,15,21H,3-11,13H2,1-2H3;12,16,22H,3-11,13H2,1-2H3;2*1-2H3. The normalized spacial score (nSPS) is 18.2. The molecule has 4 aromatic heterocycles. The fraction of sp³-hybridized carbons (Fsp3) is 0.640. The van der Waals surface area contributed by atoms with E-state index in [-0.39, 0.29) is 35.2 Å². The Hall–Kier alpha value is -5.30. The van der Waals surface area contributed by atoms with Gasteiger partial charge in [0.2, 0.25) is 5.91 Å². The number of carbonyl (C=O) groups excluding carboxylic acids is 2. The fourth-order valence-electron chi connectivity index (χ4n) is 10.4. The van der Waals surface area contributed by atoms with Crippen LogP contribution in [0.3, 0.4) is 0 Å². The van der Waals surface area contributed by atoms with E-state index in [9.17, 15) is 27.2 Å². The SMILES string of the molecule is CC.CC.CC(=O)N1CCc2c(c(N3CCCc4nc(C)c(C(F)F)cc43)nn2C2CCOCC2)C1.COC(=O)N1CCc2c(c(N3CCCc4nc(C)c(C(F)F)cc43)nn2C2CCOCC2)C1. The van der Waals surface area contributed by atoms with E-state index in [2.05, 4.69) is 24.2 Å². The minimum Gasteiger partial charge on any atom is -0.453 e. The zero-order chi connectivity index (χ0) is 49.5. The molecular formula is C50H70F4N10O5. The number of hydrogen-bond donors (Lipinski definition) is 0. The first-order valence-corrected chi connectivity index (χ1v) is 25.0. The summed E-state index contributed by atoms with van der Waals surface area (Å²) in [5, 5.41) is 10.1. The smallest absolute Gasteiger partial charge is 0.409 e. The molecule has 0 N–H and O–H groups in total. The molecule has 378 valence electrons. The van der Waals surface area contributed by atoms with Gasteiger partial charge in [-0.15, -0.1) is 0 Å². The highest BCUT2D eigenvalue weighted by molar-refractivity contribution is 5.75. The molecule has 10 heterocycles. The summed E-state index contributed by atoms with van der Waals surface area (Å²) in [4.78, 5) is 41.0. The number of halogens is 4. The third kappa shape index (κ3) is 10.7. The Morgan fingerprint density at radius 3 is 1.43 bits per heavy atom. The van der Waals surface area contributed by atoms with E-state index in [1.165, 1.54) is 7.11 Å². The Labute approximate surface area is 403 Å². The van der Waals surface area contributed by atoms with Crippen molar-refractivity contribution in [2.75, 3.05) is 69.5 Å². The molecule has 0 saturated carbocycles. The number of pyridine rings is 2. The molecule has 0 aromatic carbocycles. The number of ether oxygens (including phenoxy) is 3. The van der Waals surface area contributed by atoms with E-state index in [0.717, 1.165) is 109 Å². The topological polar surface area (TPSA) is 136 Å². The maximum absolute atomic E-state index is 13.7. The summed E-state index contributed by atoms with van der Waals surface area (Å²) in [7, 11) is 1.38. The first kappa shape index (κ1) is 51.5. The third-order valence-corrected chi connectivity index (χ3v) is 13.9. The van der Waals surface area contributed by atoms with Crippen molar-refractivity contribution < 1.29 is 41.4 Å². The molecular weight excluding hydrogens is 897 g/mol. The zero-order valence-electron chi connectivity index (χ0n) is 41.6. The average Bonchev–Trinajstić information content (AvgIpc) is 3.95. The van der Waals surface area contributed by atoms with E-state index in [1.807, 2.05) is 37.5 Å². The molecule has 0 radical (unpaired) electrons. The minimum atomic E-state index is -2.59. The van der Waals surface area contributed by atoms with Gasteiger partial charge in [-0.2, -0.15) is 10.2 Å². The highest BCUT2D eigenvalue weighted by Crippen LogP contribution is 2.43. The Balaban J connectivity index is 0.000000190. The van der Waals surface area contributed by atoms with Crippen LogP contribution in [0, 0.1) is 13.8 Å². The van der Waals surface area contributed by atoms with Gasteiger partial charge >= 0.3 is 6.09 Å². The van der Waals surface area contributed by atoms with Crippen LogP contribution in [0.25, 0.3) is 0 Å². The van der Waals surface area contributed by atoms with Gasteiger partial charge < -0.3 is 33.8 Å². The molecule has 4 aromatic rings. The van der Waals surface area contributed by atoms with E-state index in [1.54, 1.807) is 37.8 Å². The molecule has 15 nitrogen and oxygen atoms in total. The number of aromatic nitrogens is 6. The van der Waals surface area contributed by atoms with Gasteiger partial charge in [0.05, 0.1) is 55.0 Å². The van der Waals surface area contributed by atoms with Gasteiger partial charge in [-0.1, -0.05) is 27.7 Å². The lowest BCUT2D eigenvalue weighted by Gasteiger charge is -2.32. The quantitative estimate of drug-likeness (QED) is 0.171. The van der Waals surface area contributed by atoms with E-state index < -0.39 is 12.9 Å². The van der Waals surface area contributed by atoms with Crippen LogP contribution in [0.4, 0.5) is 45.4 Å². The van der Waals surface area contributed by atoms with Gasteiger partial charge in [-0.25, -0.2) is 22.4 Å². The highest BCUT2D eigenvalue weighted by Gasteiger charge is 2.37. The van der Waals surface area contributed by atoms with Crippen LogP contribution in [0.2, 0.25) is 0 Å². The van der Waals surface area contributed by atoms with Gasteiger partial charge in [0.25, 0.3) is 12.9 Å². The summed E-state index contributed by atoms with van der Waals surface area (Å²) in [5.74, 6) is 1.55. The molecule has 69 heavy (non-hydrogen) atoms. The van der Waals surface area contributed by atoms with Crippen molar-refractivity contribution in [3.63, 3.8) is 0 Å². The van der Waals surface area contributed by atoms with Crippen molar-refractivity contribution in [3.05, 3.63) is 68.6 Å². The second kappa shape index (κ2) is 23.1. The number of aryl methyl sites for hydroxylation is 4. The van der Waals surface area contributed by atoms with Crippen molar-refractivity contribution in [1.29, 1.82) is 0 Å². The molecule has 0 spiro atoms. The average molecular weight is 967 g/mol.